The maximum absolute atomic E-state index is 12.1. The van der Waals surface area contributed by atoms with Crippen LogP contribution in [0.1, 0.15) is 5.82 Å². The molecule has 0 saturated carbocycles. The number of carbonyl (C=O) groups excluding carboxylic acids is 1. The first-order chi connectivity index (χ1) is 8.18. The highest BCUT2D eigenvalue weighted by Gasteiger charge is 2.23. The lowest BCUT2D eigenvalue weighted by Gasteiger charge is -2.27. The van der Waals surface area contributed by atoms with E-state index in [1.165, 1.54) is 0 Å². The summed E-state index contributed by atoms with van der Waals surface area (Å²) in [6, 6.07) is -0.117. The zero-order valence-corrected chi connectivity index (χ0v) is 10.3. The Bertz CT molecular complexity index is 383. The number of nitrogens with zero attached hydrogens (tertiary/aromatic N) is 3. The molecule has 1 amide bonds. The fraction of sp³-hybridized carbons (Fsp3) is 0.636. The minimum Gasteiger partial charge on any atom is -0.337 e. The molecule has 0 aliphatic carbocycles. The Balaban J connectivity index is 1.93. The largest absolute Gasteiger partial charge is 0.337 e. The lowest BCUT2D eigenvalue weighted by molar-refractivity contribution is -0.133. The van der Waals surface area contributed by atoms with Crippen molar-refractivity contribution in [3.8, 4) is 0 Å². The standard InChI is InChI=1S/C11H19N5O/c1-15-6-5-14-10(15)8-16(2)11(17)9-7-12-3-4-13-9/h5-6,9,12-13H,3-4,7-8H2,1-2H3. The molecule has 1 aromatic rings. The van der Waals surface area contributed by atoms with Crippen LogP contribution < -0.4 is 10.6 Å². The Morgan fingerprint density at radius 3 is 3.06 bits per heavy atom. The van der Waals surface area contributed by atoms with Crippen LogP contribution in [0.5, 0.6) is 0 Å². The van der Waals surface area contributed by atoms with Gasteiger partial charge in [-0.25, -0.2) is 4.98 Å². The molecule has 0 spiro atoms. The number of carbonyl (C=O) groups is 1. The van der Waals surface area contributed by atoms with Crippen LogP contribution in [-0.2, 0) is 18.4 Å². The highest BCUT2D eigenvalue weighted by atomic mass is 16.2. The Kier molecular flexibility index (Phi) is 3.75. The van der Waals surface area contributed by atoms with Crippen molar-refractivity contribution in [3.05, 3.63) is 18.2 Å². The molecule has 1 aliphatic heterocycles. The number of aromatic nitrogens is 2. The smallest absolute Gasteiger partial charge is 0.241 e. The van der Waals surface area contributed by atoms with Crippen molar-refractivity contribution >= 4 is 5.91 Å². The number of aryl methyl sites for hydroxylation is 1. The molecule has 0 bridgehead atoms. The summed E-state index contributed by atoms with van der Waals surface area (Å²) < 4.78 is 1.93. The fourth-order valence-electron chi connectivity index (χ4n) is 1.93. The van der Waals surface area contributed by atoms with E-state index in [1.54, 1.807) is 11.1 Å². The lowest BCUT2D eigenvalue weighted by Crippen LogP contribution is -2.55. The van der Waals surface area contributed by atoms with Crippen LogP contribution in [0.25, 0.3) is 0 Å². The highest BCUT2D eigenvalue weighted by Crippen LogP contribution is 2.02. The number of nitrogens with one attached hydrogen (secondary N) is 2. The van der Waals surface area contributed by atoms with Crippen molar-refractivity contribution in [2.75, 3.05) is 26.7 Å². The molecule has 2 N–H and O–H groups in total. The highest BCUT2D eigenvalue weighted by molar-refractivity contribution is 5.82. The van der Waals surface area contributed by atoms with Gasteiger partial charge in [-0.05, 0) is 0 Å². The molecule has 94 valence electrons. The minimum absolute atomic E-state index is 0.111. The topological polar surface area (TPSA) is 62.2 Å². The van der Waals surface area contributed by atoms with E-state index < -0.39 is 0 Å². The van der Waals surface area contributed by atoms with E-state index in [1.807, 2.05) is 24.9 Å². The van der Waals surface area contributed by atoms with Crippen molar-refractivity contribution in [3.63, 3.8) is 0 Å². The normalized spacial score (nSPS) is 20.2. The van der Waals surface area contributed by atoms with Gasteiger partial charge < -0.3 is 20.1 Å². The number of hydrogen-bond donors (Lipinski definition) is 2. The third-order valence-electron chi connectivity index (χ3n) is 3.01. The van der Waals surface area contributed by atoms with Crippen LogP contribution >= 0.6 is 0 Å². The number of rotatable bonds is 3. The van der Waals surface area contributed by atoms with Crippen LogP contribution in [0.4, 0.5) is 0 Å². The second-order valence-corrected chi connectivity index (χ2v) is 4.36. The second kappa shape index (κ2) is 5.29. The summed E-state index contributed by atoms with van der Waals surface area (Å²) in [6.07, 6.45) is 3.63. The second-order valence-electron chi connectivity index (χ2n) is 4.36. The van der Waals surface area contributed by atoms with E-state index in [0.717, 1.165) is 18.9 Å². The van der Waals surface area contributed by atoms with Crippen LogP contribution in [0, 0.1) is 0 Å². The van der Waals surface area contributed by atoms with Crippen LogP contribution in [-0.4, -0.2) is 53.1 Å². The van der Waals surface area contributed by atoms with Gasteiger partial charge >= 0.3 is 0 Å². The molecule has 0 aromatic carbocycles. The SMILES string of the molecule is CN(Cc1nccn1C)C(=O)C1CNCCN1. The first-order valence-electron chi connectivity index (χ1n) is 5.84. The number of imidazole rings is 1. The van der Waals surface area contributed by atoms with E-state index in [-0.39, 0.29) is 11.9 Å². The first-order valence-corrected chi connectivity index (χ1v) is 5.84. The molecule has 1 aliphatic rings. The minimum atomic E-state index is -0.117. The average molecular weight is 237 g/mol. The van der Waals surface area contributed by atoms with E-state index >= 15 is 0 Å². The van der Waals surface area contributed by atoms with Gasteiger partial charge in [0.2, 0.25) is 5.91 Å². The number of hydrogen-bond acceptors (Lipinski definition) is 4. The summed E-state index contributed by atoms with van der Waals surface area (Å²) in [5.41, 5.74) is 0. The molecule has 6 nitrogen and oxygen atoms in total. The Labute approximate surface area is 101 Å². The molecular formula is C11H19N5O. The molecule has 1 fully saturated rings. The lowest BCUT2D eigenvalue weighted by atomic mass is 10.2. The van der Waals surface area contributed by atoms with E-state index in [2.05, 4.69) is 15.6 Å². The summed E-state index contributed by atoms with van der Waals surface area (Å²) in [4.78, 5) is 18.1. The molecule has 1 unspecified atom stereocenters. The van der Waals surface area contributed by atoms with Crippen molar-refractivity contribution < 1.29 is 4.79 Å². The third kappa shape index (κ3) is 2.83. The Morgan fingerprint density at radius 1 is 1.65 bits per heavy atom. The van der Waals surface area contributed by atoms with Gasteiger partial charge in [0.05, 0.1) is 12.6 Å². The third-order valence-corrected chi connectivity index (χ3v) is 3.01. The zero-order valence-electron chi connectivity index (χ0n) is 10.3. The van der Waals surface area contributed by atoms with Crippen LogP contribution in [0.2, 0.25) is 0 Å². The molecule has 1 saturated heterocycles. The van der Waals surface area contributed by atoms with E-state index in [4.69, 9.17) is 0 Å². The molecular weight excluding hydrogens is 218 g/mol. The van der Waals surface area contributed by atoms with E-state index in [9.17, 15) is 4.79 Å². The molecule has 6 heteroatoms. The summed E-state index contributed by atoms with van der Waals surface area (Å²) >= 11 is 0. The van der Waals surface area contributed by atoms with Gasteiger partial charge in [0.1, 0.15) is 5.82 Å². The Morgan fingerprint density at radius 2 is 2.47 bits per heavy atom. The van der Waals surface area contributed by atoms with Gasteiger partial charge in [0.25, 0.3) is 0 Å². The summed E-state index contributed by atoms with van der Waals surface area (Å²) in [5.74, 6) is 1.00. The molecule has 1 aromatic heterocycles. The quantitative estimate of drug-likeness (QED) is 0.703. The fourth-order valence-corrected chi connectivity index (χ4v) is 1.93. The maximum Gasteiger partial charge on any atom is 0.241 e. The average Bonchev–Trinajstić information content (AvgIpc) is 2.75. The summed E-state index contributed by atoms with van der Waals surface area (Å²) in [6.45, 7) is 3.00. The molecule has 17 heavy (non-hydrogen) atoms. The summed E-state index contributed by atoms with van der Waals surface area (Å²) in [7, 11) is 3.74. The van der Waals surface area contributed by atoms with Gasteiger partial charge in [0.15, 0.2) is 0 Å². The molecule has 0 radical (unpaired) electrons. The van der Waals surface area contributed by atoms with Crippen molar-refractivity contribution in [1.82, 2.24) is 25.1 Å². The van der Waals surface area contributed by atoms with Crippen molar-refractivity contribution in [2.24, 2.45) is 7.05 Å². The number of likely N-dealkylation sites (N-methyl/N-ethyl adjacent to an activating group) is 1. The van der Waals surface area contributed by atoms with Gasteiger partial charge in [-0.1, -0.05) is 0 Å². The molecule has 2 rings (SSSR count). The maximum atomic E-state index is 12.1. The molecule has 1 atom stereocenters. The van der Waals surface area contributed by atoms with E-state index in [0.29, 0.717) is 13.1 Å². The number of piperazine rings is 1. The van der Waals surface area contributed by atoms with Crippen molar-refractivity contribution in [2.45, 2.75) is 12.6 Å². The van der Waals surface area contributed by atoms with Crippen LogP contribution in [0.3, 0.4) is 0 Å². The predicted molar refractivity (Wildman–Crippen MR) is 64.3 cm³/mol. The van der Waals surface area contributed by atoms with Crippen molar-refractivity contribution in [1.29, 1.82) is 0 Å². The first kappa shape index (κ1) is 12.1. The Hall–Kier alpha value is -1.40. The van der Waals surface area contributed by atoms with Crippen LogP contribution in [0.15, 0.2) is 12.4 Å². The monoisotopic (exact) mass is 237 g/mol. The van der Waals surface area contributed by atoms with Gasteiger partial charge in [-0.3, -0.25) is 4.79 Å². The van der Waals surface area contributed by atoms with Gasteiger partial charge in [0, 0.05) is 46.1 Å². The molecule has 2 heterocycles. The van der Waals surface area contributed by atoms with Gasteiger partial charge in [-0.2, -0.15) is 0 Å². The summed E-state index contributed by atoms with van der Waals surface area (Å²) in [5, 5.41) is 6.42. The van der Waals surface area contributed by atoms with Gasteiger partial charge in [-0.15, -0.1) is 0 Å². The predicted octanol–water partition coefficient (Wildman–Crippen LogP) is -1.06. The zero-order chi connectivity index (χ0) is 12.3. The number of amides is 1.